The van der Waals surface area contributed by atoms with Gasteiger partial charge in [-0.25, -0.2) is 4.79 Å². The van der Waals surface area contributed by atoms with Crippen LogP contribution in [0.4, 0.5) is 10.6 Å². The number of H-pyrrole nitrogens is 1. The van der Waals surface area contributed by atoms with Gasteiger partial charge in [0.25, 0.3) is 0 Å². The van der Waals surface area contributed by atoms with Crippen molar-refractivity contribution < 1.29 is 14.3 Å². The second kappa shape index (κ2) is 6.74. The van der Waals surface area contributed by atoms with Crippen molar-refractivity contribution in [2.45, 2.75) is 39.7 Å². The number of anilines is 1. The number of carbonyl (C=O) groups excluding carboxylic acids is 2. The number of carbonyl (C=O) groups is 2. The smallest absolute Gasteiger partial charge is 0.407 e. The molecule has 0 fully saturated rings. The lowest BCUT2D eigenvalue weighted by Gasteiger charge is -2.19. The largest absolute Gasteiger partial charge is 0.444 e. The number of amides is 2. The fraction of sp³-hybridized carbons (Fsp3) is 0.583. The van der Waals surface area contributed by atoms with Gasteiger partial charge in [-0.15, -0.1) is 0 Å². The highest BCUT2D eigenvalue weighted by Gasteiger charge is 2.16. The Balaban J connectivity index is 2.31. The van der Waals surface area contributed by atoms with Crippen LogP contribution in [0.25, 0.3) is 0 Å². The lowest BCUT2D eigenvalue weighted by atomic mass is 10.2. The molecule has 0 radical (unpaired) electrons. The highest BCUT2D eigenvalue weighted by molar-refractivity contribution is 9.10. The van der Waals surface area contributed by atoms with Gasteiger partial charge >= 0.3 is 6.09 Å². The van der Waals surface area contributed by atoms with Crippen LogP contribution < -0.4 is 10.6 Å². The molecule has 20 heavy (non-hydrogen) atoms. The molecule has 1 rings (SSSR count). The first-order valence-corrected chi connectivity index (χ1v) is 6.95. The summed E-state index contributed by atoms with van der Waals surface area (Å²) in [7, 11) is 0. The number of aromatic nitrogens is 2. The molecular weight excluding hydrogens is 328 g/mol. The third-order valence-corrected chi connectivity index (χ3v) is 3.12. The first-order chi connectivity index (χ1) is 9.19. The van der Waals surface area contributed by atoms with Crippen LogP contribution in [0.1, 0.15) is 32.9 Å². The van der Waals surface area contributed by atoms with Crippen molar-refractivity contribution in [1.82, 2.24) is 15.5 Å². The SMILES string of the molecule is Cc1[nH]nc(NC(=O)CCNC(=O)OC(C)(C)C)c1Br. The van der Waals surface area contributed by atoms with Crippen molar-refractivity contribution in [3.63, 3.8) is 0 Å². The minimum atomic E-state index is -0.552. The van der Waals surface area contributed by atoms with Crippen molar-refractivity contribution in [1.29, 1.82) is 0 Å². The van der Waals surface area contributed by atoms with Gasteiger partial charge in [0.1, 0.15) is 5.60 Å². The number of hydrogen-bond donors (Lipinski definition) is 3. The van der Waals surface area contributed by atoms with Crippen molar-refractivity contribution >= 4 is 33.7 Å². The van der Waals surface area contributed by atoms with Gasteiger partial charge in [0.2, 0.25) is 5.91 Å². The maximum atomic E-state index is 11.7. The van der Waals surface area contributed by atoms with Crippen molar-refractivity contribution in [3.05, 3.63) is 10.2 Å². The number of ether oxygens (including phenoxy) is 1. The van der Waals surface area contributed by atoms with Gasteiger partial charge in [0.05, 0.1) is 4.47 Å². The van der Waals surface area contributed by atoms with Gasteiger partial charge in [-0.1, -0.05) is 0 Å². The fourth-order valence-corrected chi connectivity index (χ4v) is 1.56. The number of nitrogens with zero attached hydrogens (tertiary/aromatic N) is 1. The first-order valence-electron chi connectivity index (χ1n) is 6.16. The zero-order chi connectivity index (χ0) is 15.3. The van der Waals surface area contributed by atoms with E-state index in [2.05, 4.69) is 36.8 Å². The Morgan fingerprint density at radius 2 is 2.05 bits per heavy atom. The molecule has 1 aromatic rings. The van der Waals surface area contributed by atoms with Crippen LogP contribution in [0, 0.1) is 6.92 Å². The molecule has 0 saturated carbocycles. The lowest BCUT2D eigenvalue weighted by Crippen LogP contribution is -2.34. The van der Waals surface area contributed by atoms with Gasteiger partial charge in [0.15, 0.2) is 5.82 Å². The molecule has 0 aliphatic rings. The van der Waals surface area contributed by atoms with Crippen LogP contribution in [-0.4, -0.2) is 34.3 Å². The molecule has 0 atom stereocenters. The zero-order valence-electron chi connectivity index (χ0n) is 12.0. The molecule has 0 aliphatic heterocycles. The second-order valence-electron chi connectivity index (χ2n) is 5.24. The van der Waals surface area contributed by atoms with E-state index in [4.69, 9.17) is 4.74 Å². The highest BCUT2D eigenvalue weighted by atomic mass is 79.9. The number of halogens is 1. The molecular formula is C12H19BrN4O3. The van der Waals surface area contributed by atoms with Gasteiger partial charge < -0.3 is 15.4 Å². The third-order valence-electron chi connectivity index (χ3n) is 2.15. The van der Waals surface area contributed by atoms with E-state index in [9.17, 15) is 9.59 Å². The average molecular weight is 347 g/mol. The van der Waals surface area contributed by atoms with E-state index < -0.39 is 11.7 Å². The molecule has 1 heterocycles. The van der Waals surface area contributed by atoms with Gasteiger partial charge in [-0.05, 0) is 43.6 Å². The molecule has 0 unspecified atom stereocenters. The lowest BCUT2D eigenvalue weighted by molar-refractivity contribution is -0.116. The average Bonchev–Trinajstić information content (AvgIpc) is 2.58. The molecule has 112 valence electrons. The van der Waals surface area contributed by atoms with Crippen molar-refractivity contribution in [2.75, 3.05) is 11.9 Å². The van der Waals surface area contributed by atoms with E-state index in [1.54, 1.807) is 20.8 Å². The van der Waals surface area contributed by atoms with Gasteiger partial charge in [-0.2, -0.15) is 5.10 Å². The minimum absolute atomic E-state index is 0.136. The summed E-state index contributed by atoms with van der Waals surface area (Å²) in [5.74, 6) is 0.193. The first kappa shape index (κ1) is 16.5. The van der Waals surface area contributed by atoms with E-state index in [0.717, 1.165) is 5.69 Å². The molecule has 0 bridgehead atoms. The standard InChI is InChI=1S/C12H19BrN4O3/c1-7-9(13)10(17-16-7)15-8(18)5-6-14-11(19)20-12(2,3)4/h5-6H2,1-4H3,(H,14,19)(H2,15,16,17,18). The molecule has 0 aromatic carbocycles. The summed E-state index contributed by atoms with van der Waals surface area (Å²) in [6.45, 7) is 7.35. The maximum absolute atomic E-state index is 11.7. The molecule has 0 saturated heterocycles. The predicted molar refractivity (Wildman–Crippen MR) is 78.5 cm³/mol. The number of aromatic amines is 1. The van der Waals surface area contributed by atoms with E-state index in [0.29, 0.717) is 10.3 Å². The Hall–Kier alpha value is -1.57. The Labute approximate surface area is 126 Å². The number of aryl methyl sites for hydroxylation is 1. The summed E-state index contributed by atoms with van der Waals surface area (Å²) in [5, 5.41) is 11.8. The molecule has 0 spiro atoms. The quantitative estimate of drug-likeness (QED) is 0.779. The molecule has 8 heteroatoms. The normalized spacial score (nSPS) is 11.1. The van der Waals surface area contributed by atoms with Crippen molar-refractivity contribution in [2.24, 2.45) is 0 Å². The summed E-state index contributed by atoms with van der Waals surface area (Å²) in [6, 6.07) is 0. The number of rotatable bonds is 4. The highest BCUT2D eigenvalue weighted by Crippen LogP contribution is 2.22. The zero-order valence-corrected chi connectivity index (χ0v) is 13.6. The van der Waals surface area contributed by atoms with Crippen LogP contribution in [0.2, 0.25) is 0 Å². The predicted octanol–water partition coefficient (Wildman–Crippen LogP) is 2.33. The van der Waals surface area contributed by atoms with Gasteiger partial charge in [0, 0.05) is 18.7 Å². The van der Waals surface area contributed by atoms with Crippen LogP contribution in [0.5, 0.6) is 0 Å². The Kier molecular flexibility index (Phi) is 5.55. The summed E-state index contributed by atoms with van der Waals surface area (Å²) in [5.41, 5.74) is 0.274. The maximum Gasteiger partial charge on any atom is 0.407 e. The fourth-order valence-electron chi connectivity index (χ4n) is 1.29. The van der Waals surface area contributed by atoms with Crippen LogP contribution >= 0.6 is 15.9 Å². The number of hydrogen-bond acceptors (Lipinski definition) is 4. The number of nitrogens with one attached hydrogen (secondary N) is 3. The molecule has 1 aromatic heterocycles. The van der Waals surface area contributed by atoms with E-state index in [-0.39, 0.29) is 18.9 Å². The van der Waals surface area contributed by atoms with Gasteiger partial charge in [-0.3, -0.25) is 9.89 Å². The molecule has 0 aliphatic carbocycles. The Bertz CT molecular complexity index is 493. The summed E-state index contributed by atoms with van der Waals surface area (Å²) in [4.78, 5) is 23.0. The minimum Gasteiger partial charge on any atom is -0.444 e. The molecule has 7 nitrogen and oxygen atoms in total. The van der Waals surface area contributed by atoms with Crippen LogP contribution in [-0.2, 0) is 9.53 Å². The summed E-state index contributed by atoms with van der Waals surface area (Å²) in [6.07, 6.45) is -0.403. The van der Waals surface area contributed by atoms with Crippen LogP contribution in [0.15, 0.2) is 4.47 Å². The topological polar surface area (TPSA) is 96.1 Å². The van der Waals surface area contributed by atoms with E-state index in [1.807, 2.05) is 6.92 Å². The van der Waals surface area contributed by atoms with Crippen LogP contribution in [0.3, 0.4) is 0 Å². The summed E-state index contributed by atoms with van der Waals surface area (Å²) < 4.78 is 5.77. The molecule has 3 N–H and O–H groups in total. The van der Waals surface area contributed by atoms with Crippen molar-refractivity contribution in [3.8, 4) is 0 Å². The Morgan fingerprint density at radius 1 is 1.40 bits per heavy atom. The number of alkyl carbamates (subject to hydrolysis) is 1. The van der Waals surface area contributed by atoms with E-state index in [1.165, 1.54) is 0 Å². The monoisotopic (exact) mass is 346 g/mol. The van der Waals surface area contributed by atoms with E-state index >= 15 is 0 Å². The molecule has 2 amide bonds. The Morgan fingerprint density at radius 3 is 2.55 bits per heavy atom. The second-order valence-corrected chi connectivity index (χ2v) is 6.03. The third kappa shape index (κ3) is 5.60. The summed E-state index contributed by atoms with van der Waals surface area (Å²) >= 11 is 3.30.